The fourth-order valence-electron chi connectivity index (χ4n) is 3.81. The van der Waals surface area contributed by atoms with Crippen LogP contribution in [-0.4, -0.2) is 55.5 Å². The molecule has 0 bridgehead atoms. The Morgan fingerprint density at radius 2 is 1.72 bits per heavy atom. The van der Waals surface area contributed by atoms with E-state index in [1.54, 1.807) is 19.0 Å². The average Bonchev–Trinajstić information content (AvgIpc) is 2.87. The van der Waals surface area contributed by atoms with Gasteiger partial charge < -0.3 is 25.3 Å². The molecule has 0 unspecified atom stereocenters. The lowest BCUT2D eigenvalue weighted by Gasteiger charge is -2.40. The molecule has 0 saturated carbocycles. The number of H-pyrrole nitrogens is 1. The molecular formula is C28H32F6N4O4S. The number of nitrogens with zero attached hydrogens (tertiary/aromatic N) is 1. The third-order valence-corrected chi connectivity index (χ3v) is 7.04. The van der Waals surface area contributed by atoms with E-state index >= 15 is 4.39 Å². The van der Waals surface area contributed by atoms with Gasteiger partial charge in [0.2, 0.25) is 5.91 Å². The van der Waals surface area contributed by atoms with Crippen molar-refractivity contribution in [3.8, 4) is 16.9 Å². The predicted octanol–water partition coefficient (Wildman–Crippen LogP) is 6.35. The van der Waals surface area contributed by atoms with Crippen LogP contribution in [0.25, 0.3) is 11.1 Å². The van der Waals surface area contributed by atoms with Crippen molar-refractivity contribution >= 4 is 27.7 Å². The van der Waals surface area contributed by atoms with E-state index in [1.165, 1.54) is 24.4 Å². The highest BCUT2D eigenvalue weighted by Crippen LogP contribution is 3.02. The van der Waals surface area contributed by atoms with E-state index in [9.17, 15) is 33.8 Å². The van der Waals surface area contributed by atoms with Crippen LogP contribution in [-0.2, 0) is 11.2 Å². The molecule has 236 valence electrons. The maximum atomic E-state index is 15.0. The van der Waals surface area contributed by atoms with Gasteiger partial charge in [-0.15, -0.1) is 0 Å². The average molecular weight is 635 g/mol. The second kappa shape index (κ2) is 12.0. The number of carbonyl (C=O) groups excluding carboxylic acids is 2. The number of aromatic amines is 1. The Bertz CT molecular complexity index is 1580. The highest BCUT2D eigenvalue weighted by atomic mass is 32.5. The summed E-state index contributed by atoms with van der Waals surface area (Å²) in [5, 5.41) is 4.39. The zero-order chi connectivity index (χ0) is 32.2. The number of benzene rings is 2. The lowest BCUT2D eigenvalue weighted by molar-refractivity contribution is -0.115. The number of hydrogen-bond acceptors (Lipinski definition) is 5. The van der Waals surface area contributed by atoms with Gasteiger partial charge in [-0.2, -0.15) is 0 Å². The van der Waals surface area contributed by atoms with Crippen molar-refractivity contribution < 1.29 is 38.1 Å². The van der Waals surface area contributed by atoms with E-state index in [1.807, 2.05) is 13.8 Å². The number of halogens is 6. The molecule has 1 aromatic heterocycles. The summed E-state index contributed by atoms with van der Waals surface area (Å²) < 4.78 is 89.0. The Morgan fingerprint density at radius 1 is 1.02 bits per heavy atom. The maximum Gasteiger partial charge on any atom is 0.310 e. The first-order valence-corrected chi connectivity index (χ1v) is 14.9. The molecule has 0 saturated heterocycles. The number of amides is 2. The molecule has 0 radical (unpaired) electrons. The SMILES string of the molecule is CC(C)COc1cc(=O)[nH]cc1-c1ccc(CC(=O)Nc2cc(C(=O)NCCN(C)C)cc(S(F)(F)(F)(F)F)c2)c(F)c1. The number of hydrogen-bond donors (Lipinski definition) is 3. The van der Waals surface area contributed by atoms with Gasteiger partial charge in [0.05, 0.1) is 13.0 Å². The van der Waals surface area contributed by atoms with Gasteiger partial charge >= 0.3 is 10.2 Å². The lowest BCUT2D eigenvalue weighted by atomic mass is 10.0. The third-order valence-electron chi connectivity index (χ3n) is 5.92. The summed E-state index contributed by atoms with van der Waals surface area (Å²) in [6.45, 7) is 4.45. The van der Waals surface area contributed by atoms with E-state index in [2.05, 4.69) is 15.6 Å². The molecule has 43 heavy (non-hydrogen) atoms. The fraction of sp³-hybridized carbons (Fsp3) is 0.321. The summed E-state index contributed by atoms with van der Waals surface area (Å²) in [6.07, 6.45) is 0.679. The van der Waals surface area contributed by atoms with Crippen LogP contribution in [0.1, 0.15) is 29.8 Å². The minimum absolute atomic E-state index is 0.0217. The Labute approximate surface area is 244 Å². The molecule has 3 aromatic rings. The van der Waals surface area contributed by atoms with Gasteiger partial charge in [-0.3, -0.25) is 14.4 Å². The minimum Gasteiger partial charge on any atom is -0.492 e. The first kappa shape index (κ1) is 33.5. The molecule has 3 N–H and O–H groups in total. The minimum atomic E-state index is -10.2. The summed E-state index contributed by atoms with van der Waals surface area (Å²) in [5.41, 5.74) is -1.36. The van der Waals surface area contributed by atoms with Gasteiger partial charge in [-0.25, -0.2) is 4.39 Å². The van der Waals surface area contributed by atoms with Gasteiger partial charge in [-0.1, -0.05) is 45.4 Å². The monoisotopic (exact) mass is 634 g/mol. The van der Waals surface area contributed by atoms with E-state index in [4.69, 9.17) is 4.74 Å². The normalized spacial score (nSPS) is 13.4. The van der Waals surface area contributed by atoms with Crippen LogP contribution < -0.4 is 20.9 Å². The second-order valence-corrected chi connectivity index (χ2v) is 13.0. The van der Waals surface area contributed by atoms with Gasteiger partial charge in [0.15, 0.2) is 0 Å². The number of nitrogens with one attached hydrogen (secondary N) is 3. The number of rotatable bonds is 12. The van der Waals surface area contributed by atoms with Crippen LogP contribution in [0.15, 0.2) is 58.4 Å². The lowest BCUT2D eigenvalue weighted by Crippen LogP contribution is -2.31. The zero-order valence-electron chi connectivity index (χ0n) is 23.8. The van der Waals surface area contributed by atoms with Crippen LogP contribution in [0, 0.1) is 11.7 Å². The molecule has 0 aliphatic carbocycles. The van der Waals surface area contributed by atoms with Crippen LogP contribution in [0.5, 0.6) is 5.75 Å². The van der Waals surface area contributed by atoms with Crippen LogP contribution in [0.2, 0.25) is 0 Å². The second-order valence-electron chi connectivity index (χ2n) is 10.6. The molecule has 15 heteroatoms. The van der Waals surface area contributed by atoms with Crippen molar-refractivity contribution in [3.05, 3.63) is 76.0 Å². The topological polar surface area (TPSA) is 104 Å². The standard InChI is InChI=1S/C28H32F6N4O4S/c1-17(2)16-42-25-14-26(39)36-15-23(25)18-5-6-19(24(29)11-18)12-27(40)37-21-9-20(28(41)35-7-8-38(3)4)10-22(13-21)43(30,31,32,33)34/h5-6,9-11,13-15,17H,7-8,12,16H2,1-4H3,(H,35,41)(H,36,39)(H,37,40). The number of pyridine rings is 1. The Morgan fingerprint density at radius 3 is 2.33 bits per heavy atom. The largest absolute Gasteiger partial charge is 0.492 e. The highest BCUT2D eigenvalue weighted by Gasteiger charge is 2.65. The zero-order valence-corrected chi connectivity index (χ0v) is 24.6. The Balaban J connectivity index is 1.85. The molecule has 0 spiro atoms. The van der Waals surface area contributed by atoms with Gasteiger partial charge in [-0.05, 0) is 55.4 Å². The van der Waals surface area contributed by atoms with Gasteiger partial charge in [0.1, 0.15) is 16.5 Å². The molecule has 2 aromatic carbocycles. The van der Waals surface area contributed by atoms with Crippen molar-refractivity contribution in [1.29, 1.82) is 0 Å². The molecule has 1 heterocycles. The summed E-state index contributed by atoms with van der Waals surface area (Å²) in [7, 11) is -6.87. The summed E-state index contributed by atoms with van der Waals surface area (Å²) in [5.74, 6) is -2.57. The van der Waals surface area contributed by atoms with Crippen molar-refractivity contribution in [1.82, 2.24) is 15.2 Å². The molecule has 0 fully saturated rings. The molecule has 3 rings (SSSR count). The van der Waals surface area contributed by atoms with E-state index < -0.39 is 56.0 Å². The number of carbonyl (C=O) groups is 2. The molecule has 0 atom stereocenters. The number of anilines is 1. The smallest absolute Gasteiger partial charge is 0.310 e. The summed E-state index contributed by atoms with van der Waals surface area (Å²) in [6, 6.07) is 5.89. The van der Waals surface area contributed by atoms with Gasteiger partial charge in [0, 0.05) is 42.2 Å². The molecule has 0 aliphatic rings. The van der Waals surface area contributed by atoms with Crippen LogP contribution >= 0.6 is 10.2 Å². The van der Waals surface area contributed by atoms with Crippen molar-refractivity contribution in [2.24, 2.45) is 5.92 Å². The van der Waals surface area contributed by atoms with Crippen molar-refractivity contribution in [2.45, 2.75) is 25.2 Å². The number of aromatic nitrogens is 1. The van der Waals surface area contributed by atoms with Gasteiger partial charge in [0.25, 0.3) is 11.5 Å². The van der Waals surface area contributed by atoms with Crippen LogP contribution in [0.3, 0.4) is 0 Å². The molecular weight excluding hydrogens is 602 g/mol. The quantitative estimate of drug-likeness (QED) is 0.202. The number of ether oxygens (including phenoxy) is 1. The molecule has 0 aliphatic heterocycles. The third kappa shape index (κ3) is 9.78. The fourth-order valence-corrected chi connectivity index (χ4v) is 4.51. The molecule has 2 amide bonds. The van der Waals surface area contributed by atoms with E-state index in [0.29, 0.717) is 24.3 Å². The van der Waals surface area contributed by atoms with E-state index in [0.717, 1.165) is 12.1 Å². The highest BCUT2D eigenvalue weighted by molar-refractivity contribution is 8.45. The number of likely N-dealkylation sites (N-methyl/N-ethyl adjacent to an activating group) is 1. The van der Waals surface area contributed by atoms with Crippen molar-refractivity contribution in [3.63, 3.8) is 0 Å². The maximum absolute atomic E-state index is 15.0. The first-order chi connectivity index (χ1) is 19.7. The molecule has 8 nitrogen and oxygen atoms in total. The van der Waals surface area contributed by atoms with E-state index in [-0.39, 0.29) is 35.9 Å². The Hall–Kier alpha value is -3.98. The van der Waals surface area contributed by atoms with Crippen molar-refractivity contribution in [2.75, 3.05) is 39.1 Å². The summed E-state index contributed by atoms with van der Waals surface area (Å²) in [4.78, 5) is 38.7. The first-order valence-electron chi connectivity index (χ1n) is 13.0. The summed E-state index contributed by atoms with van der Waals surface area (Å²) >= 11 is 0. The van der Waals surface area contributed by atoms with Crippen LogP contribution in [0.4, 0.5) is 29.5 Å². The Kier molecular flexibility index (Phi) is 9.32. The predicted molar refractivity (Wildman–Crippen MR) is 154 cm³/mol.